The monoisotopic (exact) mass is 216 g/mol. The smallest absolute Gasteiger partial charge is 0.0480 e. The second-order valence-electron chi connectivity index (χ2n) is 4.29. The molecule has 0 aliphatic carbocycles. The van der Waals surface area contributed by atoms with Crippen molar-refractivity contribution in [1.29, 1.82) is 0 Å². The van der Waals surface area contributed by atoms with Crippen LogP contribution in [0.3, 0.4) is 0 Å². The number of unbranched alkanes of at least 4 members (excludes halogenated alkanes) is 1. The van der Waals surface area contributed by atoms with Gasteiger partial charge >= 0.3 is 0 Å². The minimum Gasteiger partial charge on any atom is -0.347 e. The standard InChI is InChI=1S/C14H20N2/c1-2-3-9-16-10-7-13-11-12(6-8-15)4-5-14(13)16/h4-5,7,10-11H,2-3,6,8-9,15H2,1H3. The quantitative estimate of drug-likeness (QED) is 0.818. The zero-order valence-corrected chi connectivity index (χ0v) is 9.95. The zero-order chi connectivity index (χ0) is 11.4. The Labute approximate surface area is 97.1 Å². The highest BCUT2D eigenvalue weighted by Crippen LogP contribution is 2.18. The molecule has 0 spiro atoms. The van der Waals surface area contributed by atoms with E-state index in [1.165, 1.54) is 29.3 Å². The van der Waals surface area contributed by atoms with Crippen LogP contribution in [0, 0.1) is 0 Å². The lowest BCUT2D eigenvalue weighted by Crippen LogP contribution is -2.02. The average Bonchev–Trinajstić information content (AvgIpc) is 2.69. The first-order valence-corrected chi connectivity index (χ1v) is 6.13. The van der Waals surface area contributed by atoms with E-state index in [4.69, 9.17) is 5.73 Å². The van der Waals surface area contributed by atoms with Crippen LogP contribution in [0.2, 0.25) is 0 Å². The first-order chi connectivity index (χ1) is 7.85. The summed E-state index contributed by atoms with van der Waals surface area (Å²) < 4.78 is 2.34. The van der Waals surface area contributed by atoms with Crippen LogP contribution in [0.5, 0.6) is 0 Å². The predicted octanol–water partition coefficient (Wildman–Crippen LogP) is 2.94. The van der Waals surface area contributed by atoms with E-state index in [-0.39, 0.29) is 0 Å². The molecule has 0 fully saturated rings. The van der Waals surface area contributed by atoms with Gasteiger partial charge in [0, 0.05) is 18.3 Å². The Morgan fingerprint density at radius 1 is 1.25 bits per heavy atom. The molecule has 0 saturated heterocycles. The van der Waals surface area contributed by atoms with Gasteiger partial charge in [-0.15, -0.1) is 0 Å². The van der Waals surface area contributed by atoms with Gasteiger partial charge in [-0.3, -0.25) is 0 Å². The molecule has 0 aliphatic heterocycles. The molecule has 0 aliphatic rings. The lowest BCUT2D eigenvalue weighted by Gasteiger charge is -2.05. The number of aromatic nitrogens is 1. The van der Waals surface area contributed by atoms with E-state index in [0.29, 0.717) is 0 Å². The van der Waals surface area contributed by atoms with Crippen LogP contribution in [-0.4, -0.2) is 11.1 Å². The molecule has 1 aromatic carbocycles. The third kappa shape index (κ3) is 2.27. The normalized spacial score (nSPS) is 11.1. The van der Waals surface area contributed by atoms with Crippen molar-refractivity contribution in [3.63, 3.8) is 0 Å². The van der Waals surface area contributed by atoms with Gasteiger partial charge in [-0.1, -0.05) is 19.4 Å². The summed E-state index contributed by atoms with van der Waals surface area (Å²) in [7, 11) is 0. The van der Waals surface area contributed by atoms with Gasteiger partial charge in [0.1, 0.15) is 0 Å². The van der Waals surface area contributed by atoms with E-state index in [1.807, 2.05) is 0 Å². The highest BCUT2D eigenvalue weighted by molar-refractivity contribution is 5.80. The number of fused-ring (bicyclic) bond motifs is 1. The molecule has 0 unspecified atom stereocenters. The molecule has 0 saturated carbocycles. The molecule has 0 amide bonds. The second kappa shape index (κ2) is 5.17. The van der Waals surface area contributed by atoms with Crippen molar-refractivity contribution in [2.24, 2.45) is 5.73 Å². The van der Waals surface area contributed by atoms with Gasteiger partial charge in [0.05, 0.1) is 0 Å². The van der Waals surface area contributed by atoms with Crippen LogP contribution in [0.25, 0.3) is 10.9 Å². The number of aryl methyl sites for hydroxylation is 1. The summed E-state index contributed by atoms with van der Waals surface area (Å²) in [6, 6.07) is 8.86. The molecule has 2 rings (SSSR count). The van der Waals surface area contributed by atoms with Crippen LogP contribution in [0.4, 0.5) is 0 Å². The number of hydrogen-bond donors (Lipinski definition) is 1. The van der Waals surface area contributed by atoms with E-state index in [9.17, 15) is 0 Å². The van der Waals surface area contributed by atoms with Crippen molar-refractivity contribution in [2.45, 2.75) is 32.7 Å². The molecule has 86 valence electrons. The van der Waals surface area contributed by atoms with E-state index in [1.54, 1.807) is 0 Å². The van der Waals surface area contributed by atoms with Crippen molar-refractivity contribution >= 4 is 10.9 Å². The largest absolute Gasteiger partial charge is 0.347 e. The summed E-state index contributed by atoms with van der Waals surface area (Å²) in [5, 5.41) is 1.34. The number of nitrogens with two attached hydrogens (primary N) is 1. The Balaban J connectivity index is 2.27. The van der Waals surface area contributed by atoms with Gasteiger partial charge in [0.2, 0.25) is 0 Å². The Bertz CT molecular complexity index is 457. The molecule has 0 atom stereocenters. The lowest BCUT2D eigenvalue weighted by atomic mass is 10.1. The second-order valence-corrected chi connectivity index (χ2v) is 4.29. The van der Waals surface area contributed by atoms with Crippen LogP contribution in [0.15, 0.2) is 30.5 Å². The highest BCUT2D eigenvalue weighted by atomic mass is 14.9. The number of nitrogens with zero attached hydrogens (tertiary/aromatic N) is 1. The number of hydrogen-bond acceptors (Lipinski definition) is 1. The topological polar surface area (TPSA) is 30.9 Å². The first-order valence-electron chi connectivity index (χ1n) is 6.13. The van der Waals surface area contributed by atoms with Crippen molar-refractivity contribution in [3.05, 3.63) is 36.0 Å². The summed E-state index contributed by atoms with van der Waals surface area (Å²) in [5.41, 5.74) is 8.25. The summed E-state index contributed by atoms with van der Waals surface area (Å²) in [6.07, 6.45) is 5.64. The molecule has 2 nitrogen and oxygen atoms in total. The van der Waals surface area contributed by atoms with E-state index >= 15 is 0 Å². The fourth-order valence-corrected chi connectivity index (χ4v) is 2.10. The molecular weight excluding hydrogens is 196 g/mol. The molecule has 16 heavy (non-hydrogen) atoms. The number of benzene rings is 1. The Kier molecular flexibility index (Phi) is 3.62. The maximum Gasteiger partial charge on any atom is 0.0480 e. The zero-order valence-electron chi connectivity index (χ0n) is 9.95. The summed E-state index contributed by atoms with van der Waals surface area (Å²) in [4.78, 5) is 0. The van der Waals surface area contributed by atoms with Crippen LogP contribution >= 0.6 is 0 Å². The molecule has 1 aromatic heterocycles. The van der Waals surface area contributed by atoms with Crippen molar-refractivity contribution < 1.29 is 0 Å². The van der Waals surface area contributed by atoms with Gasteiger partial charge in [-0.25, -0.2) is 0 Å². The maximum atomic E-state index is 5.57. The fourth-order valence-electron chi connectivity index (χ4n) is 2.10. The SMILES string of the molecule is CCCCn1ccc2cc(CCN)ccc21. The third-order valence-corrected chi connectivity index (χ3v) is 3.02. The molecular formula is C14H20N2. The minimum atomic E-state index is 0.724. The van der Waals surface area contributed by atoms with Crippen LogP contribution in [-0.2, 0) is 13.0 Å². The third-order valence-electron chi connectivity index (χ3n) is 3.02. The molecule has 2 aromatic rings. The summed E-state index contributed by atoms with van der Waals surface area (Å²) in [6.45, 7) is 4.07. The van der Waals surface area contributed by atoms with Gasteiger partial charge in [0.15, 0.2) is 0 Å². The van der Waals surface area contributed by atoms with E-state index in [2.05, 4.69) is 42.0 Å². The van der Waals surface area contributed by atoms with Gasteiger partial charge in [0.25, 0.3) is 0 Å². The van der Waals surface area contributed by atoms with Gasteiger partial charge in [-0.2, -0.15) is 0 Å². The predicted molar refractivity (Wildman–Crippen MR) is 69.6 cm³/mol. The summed E-state index contributed by atoms with van der Waals surface area (Å²) >= 11 is 0. The highest BCUT2D eigenvalue weighted by Gasteiger charge is 2.01. The molecule has 1 heterocycles. The molecule has 2 N–H and O–H groups in total. The van der Waals surface area contributed by atoms with Crippen LogP contribution in [0.1, 0.15) is 25.3 Å². The van der Waals surface area contributed by atoms with E-state index in [0.717, 1.165) is 19.5 Å². The van der Waals surface area contributed by atoms with Crippen LogP contribution < -0.4 is 5.73 Å². The van der Waals surface area contributed by atoms with Crippen molar-refractivity contribution in [1.82, 2.24) is 4.57 Å². The molecule has 0 bridgehead atoms. The van der Waals surface area contributed by atoms with E-state index < -0.39 is 0 Å². The lowest BCUT2D eigenvalue weighted by molar-refractivity contribution is 0.650. The fraction of sp³-hybridized carbons (Fsp3) is 0.429. The minimum absolute atomic E-state index is 0.724. The van der Waals surface area contributed by atoms with Crippen molar-refractivity contribution in [2.75, 3.05) is 6.54 Å². The summed E-state index contributed by atoms with van der Waals surface area (Å²) in [5.74, 6) is 0. The molecule has 0 radical (unpaired) electrons. The first kappa shape index (κ1) is 11.2. The maximum absolute atomic E-state index is 5.57. The van der Waals surface area contributed by atoms with Crippen molar-refractivity contribution in [3.8, 4) is 0 Å². The van der Waals surface area contributed by atoms with Gasteiger partial charge in [-0.05, 0) is 48.5 Å². The average molecular weight is 216 g/mol. The Morgan fingerprint density at radius 2 is 2.12 bits per heavy atom. The Morgan fingerprint density at radius 3 is 2.88 bits per heavy atom. The van der Waals surface area contributed by atoms with Gasteiger partial charge < -0.3 is 10.3 Å². The molecule has 2 heteroatoms. The Hall–Kier alpha value is -1.28. The number of rotatable bonds is 5.